The van der Waals surface area contributed by atoms with E-state index < -0.39 is 5.82 Å². The Hall–Kier alpha value is -2.02. The number of phenols is 1. The number of fused-ring (bicyclic) bond motifs is 1. The zero-order valence-corrected chi connectivity index (χ0v) is 10.3. The largest absolute Gasteiger partial charge is 0.508 e. The number of benzene rings is 1. The van der Waals surface area contributed by atoms with Crippen LogP contribution in [0.5, 0.6) is 5.75 Å². The monoisotopic (exact) mass is 264 g/mol. The summed E-state index contributed by atoms with van der Waals surface area (Å²) in [4.78, 5) is 0.634. The molecule has 0 unspecified atom stereocenters. The van der Waals surface area contributed by atoms with E-state index in [1.807, 2.05) is 6.92 Å². The number of hydrogen-bond acceptors (Lipinski definition) is 5. The van der Waals surface area contributed by atoms with Crippen molar-refractivity contribution >= 4 is 16.3 Å². The number of aryl methyl sites for hydroxylation is 1. The van der Waals surface area contributed by atoms with Gasteiger partial charge in [0.2, 0.25) is 4.96 Å². The maximum absolute atomic E-state index is 13.7. The van der Waals surface area contributed by atoms with E-state index >= 15 is 0 Å². The smallest absolute Gasteiger partial charge is 0.234 e. The summed E-state index contributed by atoms with van der Waals surface area (Å²) in [7, 11) is 0. The zero-order chi connectivity index (χ0) is 12.7. The van der Waals surface area contributed by atoms with E-state index in [1.54, 1.807) is 4.52 Å². The number of hydrogen-bond donors (Lipinski definition) is 1. The Kier molecular flexibility index (Phi) is 2.48. The third-order valence-electron chi connectivity index (χ3n) is 2.55. The van der Waals surface area contributed by atoms with Gasteiger partial charge >= 0.3 is 0 Å². The minimum Gasteiger partial charge on any atom is -0.508 e. The minimum absolute atomic E-state index is 0.103. The van der Waals surface area contributed by atoms with Crippen LogP contribution in [-0.4, -0.2) is 24.9 Å². The highest BCUT2D eigenvalue weighted by Crippen LogP contribution is 2.29. The van der Waals surface area contributed by atoms with Crippen molar-refractivity contribution in [1.29, 1.82) is 0 Å². The Morgan fingerprint density at radius 1 is 1.39 bits per heavy atom. The summed E-state index contributed by atoms with van der Waals surface area (Å²) in [6.07, 6.45) is 0.711. The first-order valence-corrected chi connectivity index (χ1v) is 6.20. The maximum Gasteiger partial charge on any atom is 0.234 e. The molecule has 2 aromatic heterocycles. The third-order valence-corrected chi connectivity index (χ3v) is 3.49. The van der Waals surface area contributed by atoms with Gasteiger partial charge in [-0.15, -0.1) is 10.2 Å². The quantitative estimate of drug-likeness (QED) is 0.771. The van der Waals surface area contributed by atoms with Gasteiger partial charge in [0.15, 0.2) is 10.8 Å². The number of aromatic hydroxyl groups is 1. The molecule has 0 bridgehead atoms. The molecule has 0 atom stereocenters. The van der Waals surface area contributed by atoms with Gasteiger partial charge in [0.05, 0.1) is 0 Å². The van der Waals surface area contributed by atoms with Crippen LogP contribution in [0.15, 0.2) is 18.2 Å². The fraction of sp³-hybridized carbons (Fsp3) is 0.182. The van der Waals surface area contributed by atoms with Crippen molar-refractivity contribution < 1.29 is 9.50 Å². The second kappa shape index (κ2) is 4.02. The van der Waals surface area contributed by atoms with Crippen molar-refractivity contribution in [3.63, 3.8) is 0 Å². The summed E-state index contributed by atoms with van der Waals surface area (Å²) in [5.41, 5.74) is 0.352. The molecule has 0 radical (unpaired) electrons. The lowest BCUT2D eigenvalue weighted by atomic mass is 10.2. The van der Waals surface area contributed by atoms with Crippen LogP contribution >= 0.6 is 11.3 Å². The number of phenolic OH excluding ortho intramolecular Hbond substituents is 1. The van der Waals surface area contributed by atoms with E-state index in [-0.39, 0.29) is 5.75 Å². The number of aromatic nitrogens is 4. The molecule has 0 amide bonds. The van der Waals surface area contributed by atoms with Gasteiger partial charge in [0.25, 0.3) is 0 Å². The molecule has 2 heterocycles. The summed E-state index contributed by atoms with van der Waals surface area (Å²) in [6, 6.07) is 4.00. The van der Waals surface area contributed by atoms with E-state index in [4.69, 9.17) is 0 Å². The Bertz CT molecular complexity index is 721. The summed E-state index contributed by atoms with van der Waals surface area (Å²) >= 11 is 1.26. The van der Waals surface area contributed by atoms with Crippen molar-refractivity contribution in [3.8, 4) is 16.3 Å². The van der Waals surface area contributed by atoms with E-state index in [9.17, 15) is 9.50 Å². The van der Waals surface area contributed by atoms with Crippen molar-refractivity contribution in [3.05, 3.63) is 29.8 Å². The highest BCUT2D eigenvalue weighted by atomic mass is 32.1. The van der Waals surface area contributed by atoms with Crippen LogP contribution in [0.3, 0.4) is 0 Å². The van der Waals surface area contributed by atoms with Crippen LogP contribution in [-0.2, 0) is 6.42 Å². The van der Waals surface area contributed by atoms with E-state index in [2.05, 4.69) is 15.3 Å². The Labute approximate surface area is 106 Å². The molecule has 3 rings (SSSR count). The van der Waals surface area contributed by atoms with E-state index in [1.165, 1.54) is 23.5 Å². The molecule has 0 aliphatic rings. The van der Waals surface area contributed by atoms with Gasteiger partial charge in [-0.25, -0.2) is 4.39 Å². The topological polar surface area (TPSA) is 63.3 Å². The molecule has 92 valence electrons. The average molecular weight is 264 g/mol. The highest BCUT2D eigenvalue weighted by Gasteiger charge is 2.14. The molecule has 1 aromatic carbocycles. The predicted molar refractivity (Wildman–Crippen MR) is 65.1 cm³/mol. The molecule has 0 saturated heterocycles. The first-order valence-electron chi connectivity index (χ1n) is 5.39. The summed E-state index contributed by atoms with van der Waals surface area (Å²) in [5.74, 6) is 0.137. The average Bonchev–Trinajstić information content (AvgIpc) is 2.88. The fourth-order valence-corrected chi connectivity index (χ4v) is 2.55. The lowest BCUT2D eigenvalue weighted by molar-refractivity contribution is 0.469. The van der Waals surface area contributed by atoms with Gasteiger partial charge in [-0.05, 0) is 12.1 Å². The predicted octanol–water partition coefficient (Wildman–Crippen LogP) is 2.26. The molecule has 18 heavy (non-hydrogen) atoms. The maximum atomic E-state index is 13.7. The SMILES string of the molecule is CCc1nnc2sc(-c3ccc(O)cc3F)nn12. The zero-order valence-electron chi connectivity index (χ0n) is 9.46. The van der Waals surface area contributed by atoms with E-state index in [0.29, 0.717) is 22.0 Å². The van der Waals surface area contributed by atoms with Crippen LogP contribution in [0, 0.1) is 5.82 Å². The molecule has 5 nitrogen and oxygen atoms in total. The van der Waals surface area contributed by atoms with Crippen LogP contribution in [0.2, 0.25) is 0 Å². The second-order valence-electron chi connectivity index (χ2n) is 3.74. The second-order valence-corrected chi connectivity index (χ2v) is 4.69. The van der Waals surface area contributed by atoms with Crippen molar-refractivity contribution in [2.75, 3.05) is 0 Å². The molecule has 0 spiro atoms. The van der Waals surface area contributed by atoms with Crippen molar-refractivity contribution in [2.24, 2.45) is 0 Å². The van der Waals surface area contributed by atoms with Crippen LogP contribution in [0.25, 0.3) is 15.5 Å². The Morgan fingerprint density at radius 2 is 2.22 bits per heavy atom. The normalized spacial score (nSPS) is 11.2. The highest BCUT2D eigenvalue weighted by molar-refractivity contribution is 7.19. The molecule has 0 aliphatic carbocycles. The molecule has 7 heteroatoms. The molecule has 0 saturated carbocycles. The van der Waals surface area contributed by atoms with Gasteiger partial charge in [-0.2, -0.15) is 9.61 Å². The molecule has 1 N–H and O–H groups in total. The van der Waals surface area contributed by atoms with Crippen molar-refractivity contribution in [2.45, 2.75) is 13.3 Å². The van der Waals surface area contributed by atoms with Gasteiger partial charge in [0, 0.05) is 18.1 Å². The number of nitrogens with zero attached hydrogens (tertiary/aromatic N) is 4. The standard InChI is InChI=1S/C11H9FN4OS/c1-2-9-13-14-11-16(9)15-10(18-11)7-4-3-6(17)5-8(7)12/h3-5,17H,2H2,1H3. The first-order chi connectivity index (χ1) is 8.69. The minimum atomic E-state index is -0.502. The van der Waals surface area contributed by atoms with Crippen LogP contribution in [0.1, 0.15) is 12.7 Å². The van der Waals surface area contributed by atoms with Gasteiger partial charge < -0.3 is 5.11 Å². The van der Waals surface area contributed by atoms with E-state index in [0.717, 1.165) is 11.9 Å². The molecule has 0 aliphatic heterocycles. The van der Waals surface area contributed by atoms with Gasteiger partial charge in [-0.3, -0.25) is 0 Å². The molecular weight excluding hydrogens is 255 g/mol. The molecular formula is C11H9FN4OS. The van der Waals surface area contributed by atoms with Crippen molar-refractivity contribution in [1.82, 2.24) is 19.8 Å². The third kappa shape index (κ3) is 1.63. The fourth-order valence-electron chi connectivity index (χ4n) is 1.66. The summed E-state index contributed by atoms with van der Waals surface area (Å²) in [5, 5.41) is 21.9. The lowest BCUT2D eigenvalue weighted by Crippen LogP contribution is -1.93. The number of halogens is 1. The lowest BCUT2D eigenvalue weighted by Gasteiger charge is -1.98. The summed E-state index contributed by atoms with van der Waals surface area (Å²) in [6.45, 7) is 1.95. The first kappa shape index (κ1) is 11.1. The van der Waals surface area contributed by atoms with Gasteiger partial charge in [-0.1, -0.05) is 18.3 Å². The Balaban J connectivity index is 2.16. The molecule has 0 fully saturated rings. The van der Waals surface area contributed by atoms with Gasteiger partial charge in [0.1, 0.15) is 11.6 Å². The van der Waals surface area contributed by atoms with Crippen LogP contribution < -0.4 is 0 Å². The summed E-state index contributed by atoms with van der Waals surface area (Å²) < 4.78 is 15.3. The van der Waals surface area contributed by atoms with Crippen LogP contribution in [0.4, 0.5) is 4.39 Å². The Morgan fingerprint density at radius 3 is 2.94 bits per heavy atom. The number of rotatable bonds is 2. The molecule has 3 aromatic rings.